The summed E-state index contributed by atoms with van der Waals surface area (Å²) in [6.45, 7) is 2.39. The van der Waals surface area contributed by atoms with Gasteiger partial charge in [0.25, 0.3) is 0 Å². The molecular weight excluding hydrogens is 238 g/mol. The van der Waals surface area contributed by atoms with E-state index >= 15 is 0 Å². The fraction of sp³-hybridized carbons (Fsp3) is 1.00. The monoisotopic (exact) mass is 267 g/mol. The number of aliphatic hydroxyl groups excluding tert-OH is 1. The minimum atomic E-state index is 0.210. The Bertz CT molecular complexity index is 290. The molecule has 1 unspecified atom stereocenters. The summed E-state index contributed by atoms with van der Waals surface area (Å²) >= 11 is 0. The maximum atomic E-state index is 9.13. The second-order valence-electron chi connectivity index (χ2n) is 7.14. The van der Waals surface area contributed by atoms with Crippen LogP contribution in [0.3, 0.4) is 0 Å². The van der Waals surface area contributed by atoms with Crippen LogP contribution in [0.2, 0.25) is 0 Å². The maximum Gasteiger partial charge on any atom is 0.0697 e. The zero-order valence-corrected chi connectivity index (χ0v) is 12.1. The van der Waals surface area contributed by atoms with E-state index in [-0.39, 0.29) is 5.60 Å². The summed E-state index contributed by atoms with van der Waals surface area (Å²) in [4.78, 5) is 0. The van der Waals surface area contributed by atoms with Crippen LogP contribution in [0.1, 0.15) is 64.2 Å². The SMILES string of the molecule is OCCC1(CNC2CCOC3(CCCCC3)C2)CC1. The molecule has 0 radical (unpaired) electrons. The lowest BCUT2D eigenvalue weighted by molar-refractivity contribution is -0.109. The number of hydrogen-bond donors (Lipinski definition) is 2. The Hall–Kier alpha value is -0.120. The van der Waals surface area contributed by atoms with Crippen molar-refractivity contribution in [3.8, 4) is 0 Å². The minimum absolute atomic E-state index is 0.210. The van der Waals surface area contributed by atoms with Crippen molar-refractivity contribution < 1.29 is 9.84 Å². The summed E-state index contributed by atoms with van der Waals surface area (Å²) < 4.78 is 6.15. The van der Waals surface area contributed by atoms with Crippen LogP contribution in [0.25, 0.3) is 0 Å². The highest BCUT2D eigenvalue weighted by molar-refractivity contribution is 4.97. The van der Waals surface area contributed by atoms with Crippen LogP contribution in [-0.4, -0.2) is 36.5 Å². The molecule has 3 rings (SSSR count). The van der Waals surface area contributed by atoms with Gasteiger partial charge in [-0.3, -0.25) is 0 Å². The average molecular weight is 267 g/mol. The molecule has 1 aliphatic heterocycles. The second-order valence-corrected chi connectivity index (χ2v) is 7.14. The van der Waals surface area contributed by atoms with Gasteiger partial charge < -0.3 is 15.2 Å². The molecule has 2 N–H and O–H groups in total. The molecule has 3 fully saturated rings. The molecule has 2 saturated carbocycles. The normalized spacial score (nSPS) is 32.4. The lowest BCUT2D eigenvalue weighted by atomic mass is 9.78. The molecule has 3 aliphatic rings. The van der Waals surface area contributed by atoms with Crippen LogP contribution in [-0.2, 0) is 4.74 Å². The summed E-state index contributed by atoms with van der Waals surface area (Å²) in [5.74, 6) is 0. The van der Waals surface area contributed by atoms with Gasteiger partial charge in [0.1, 0.15) is 0 Å². The van der Waals surface area contributed by atoms with E-state index in [1.807, 2.05) is 0 Å². The van der Waals surface area contributed by atoms with Crippen molar-refractivity contribution in [1.29, 1.82) is 0 Å². The van der Waals surface area contributed by atoms with Crippen molar-refractivity contribution in [2.24, 2.45) is 5.41 Å². The molecule has 0 aromatic rings. The summed E-state index contributed by atoms with van der Waals surface area (Å²) in [6.07, 6.45) is 12.6. The van der Waals surface area contributed by atoms with Gasteiger partial charge >= 0.3 is 0 Å². The van der Waals surface area contributed by atoms with E-state index in [0.29, 0.717) is 18.1 Å². The third-order valence-electron chi connectivity index (χ3n) is 5.62. The molecule has 3 nitrogen and oxygen atoms in total. The lowest BCUT2D eigenvalue weighted by Gasteiger charge is -2.44. The van der Waals surface area contributed by atoms with Crippen LogP contribution < -0.4 is 5.32 Å². The predicted molar refractivity (Wildman–Crippen MR) is 76.2 cm³/mol. The van der Waals surface area contributed by atoms with Gasteiger partial charge in [-0.1, -0.05) is 19.3 Å². The van der Waals surface area contributed by atoms with Gasteiger partial charge in [-0.2, -0.15) is 0 Å². The first kappa shape index (κ1) is 13.8. The fourth-order valence-corrected chi connectivity index (χ4v) is 4.04. The number of nitrogens with one attached hydrogen (secondary N) is 1. The zero-order chi connectivity index (χ0) is 13.2. The summed E-state index contributed by atoms with van der Waals surface area (Å²) in [5.41, 5.74) is 0.647. The van der Waals surface area contributed by atoms with E-state index in [9.17, 15) is 0 Å². The van der Waals surface area contributed by atoms with E-state index in [1.54, 1.807) is 0 Å². The van der Waals surface area contributed by atoms with Crippen molar-refractivity contribution in [2.45, 2.75) is 75.9 Å². The molecule has 1 heterocycles. The average Bonchev–Trinajstić information content (AvgIpc) is 3.18. The lowest BCUT2D eigenvalue weighted by Crippen LogP contribution is -2.49. The Kier molecular flexibility index (Phi) is 4.16. The van der Waals surface area contributed by atoms with Crippen LogP contribution in [0, 0.1) is 5.41 Å². The van der Waals surface area contributed by atoms with Crippen LogP contribution in [0.5, 0.6) is 0 Å². The third-order valence-corrected chi connectivity index (χ3v) is 5.62. The third kappa shape index (κ3) is 3.32. The summed E-state index contributed by atoms with van der Waals surface area (Å²) in [5, 5.41) is 12.9. The molecular formula is C16H29NO2. The van der Waals surface area contributed by atoms with Crippen molar-refractivity contribution in [2.75, 3.05) is 19.8 Å². The first-order chi connectivity index (χ1) is 9.26. The van der Waals surface area contributed by atoms with Gasteiger partial charge in [0, 0.05) is 25.8 Å². The Morgan fingerprint density at radius 1 is 1.11 bits per heavy atom. The molecule has 1 saturated heterocycles. The van der Waals surface area contributed by atoms with E-state index < -0.39 is 0 Å². The molecule has 1 atom stereocenters. The van der Waals surface area contributed by atoms with Crippen LogP contribution in [0.15, 0.2) is 0 Å². The standard InChI is InChI=1S/C16H29NO2/c18-10-9-15(7-8-15)13-17-14-4-11-19-16(12-14)5-2-1-3-6-16/h14,17-18H,1-13H2. The number of aliphatic hydroxyl groups is 1. The molecule has 0 aromatic heterocycles. The van der Waals surface area contributed by atoms with Gasteiger partial charge in [0.2, 0.25) is 0 Å². The highest BCUT2D eigenvalue weighted by Gasteiger charge is 2.43. The maximum absolute atomic E-state index is 9.13. The molecule has 2 aliphatic carbocycles. The van der Waals surface area contributed by atoms with Crippen molar-refractivity contribution in [1.82, 2.24) is 5.32 Å². The molecule has 3 heteroatoms. The summed E-state index contributed by atoms with van der Waals surface area (Å²) in [6, 6.07) is 0.642. The van der Waals surface area contributed by atoms with E-state index in [0.717, 1.165) is 26.0 Å². The minimum Gasteiger partial charge on any atom is -0.396 e. The Balaban J connectivity index is 1.48. The first-order valence-electron chi connectivity index (χ1n) is 8.24. The van der Waals surface area contributed by atoms with Crippen LogP contribution >= 0.6 is 0 Å². The van der Waals surface area contributed by atoms with Gasteiger partial charge in [-0.15, -0.1) is 0 Å². The van der Waals surface area contributed by atoms with Crippen molar-refractivity contribution in [3.63, 3.8) is 0 Å². The predicted octanol–water partition coefficient (Wildman–Crippen LogP) is 2.62. The highest BCUT2D eigenvalue weighted by Crippen LogP contribution is 2.48. The highest BCUT2D eigenvalue weighted by atomic mass is 16.5. The van der Waals surface area contributed by atoms with Gasteiger partial charge in [-0.25, -0.2) is 0 Å². The zero-order valence-electron chi connectivity index (χ0n) is 12.1. The van der Waals surface area contributed by atoms with E-state index in [2.05, 4.69) is 5.32 Å². The Labute approximate surface area is 117 Å². The molecule has 1 spiro atoms. The number of rotatable bonds is 5. The Morgan fingerprint density at radius 3 is 2.58 bits per heavy atom. The van der Waals surface area contributed by atoms with Crippen molar-refractivity contribution >= 4 is 0 Å². The largest absolute Gasteiger partial charge is 0.396 e. The quantitative estimate of drug-likeness (QED) is 0.804. The van der Waals surface area contributed by atoms with Crippen molar-refractivity contribution in [3.05, 3.63) is 0 Å². The Morgan fingerprint density at radius 2 is 1.89 bits per heavy atom. The first-order valence-corrected chi connectivity index (χ1v) is 8.24. The van der Waals surface area contributed by atoms with Crippen LogP contribution in [0.4, 0.5) is 0 Å². The molecule has 19 heavy (non-hydrogen) atoms. The number of ether oxygens (including phenoxy) is 1. The van der Waals surface area contributed by atoms with Gasteiger partial charge in [0.05, 0.1) is 5.60 Å². The topological polar surface area (TPSA) is 41.5 Å². The molecule has 0 bridgehead atoms. The van der Waals surface area contributed by atoms with Gasteiger partial charge in [-0.05, 0) is 50.4 Å². The molecule has 0 amide bonds. The fourth-order valence-electron chi connectivity index (χ4n) is 4.04. The summed E-state index contributed by atoms with van der Waals surface area (Å²) in [7, 11) is 0. The second kappa shape index (κ2) is 5.71. The van der Waals surface area contributed by atoms with Gasteiger partial charge in [0.15, 0.2) is 0 Å². The van der Waals surface area contributed by atoms with E-state index in [4.69, 9.17) is 9.84 Å². The molecule has 110 valence electrons. The molecule has 0 aromatic carbocycles. The number of hydrogen-bond acceptors (Lipinski definition) is 3. The smallest absolute Gasteiger partial charge is 0.0697 e. The van der Waals surface area contributed by atoms with E-state index in [1.165, 1.54) is 51.4 Å².